The van der Waals surface area contributed by atoms with E-state index in [9.17, 15) is 18.4 Å². The van der Waals surface area contributed by atoms with Gasteiger partial charge in [0.2, 0.25) is 11.3 Å². The van der Waals surface area contributed by atoms with E-state index in [0.717, 1.165) is 67.6 Å². The molecule has 1 aliphatic heterocycles. The first-order chi connectivity index (χ1) is 22.4. The Hall–Kier alpha value is -3.73. The summed E-state index contributed by atoms with van der Waals surface area (Å²) in [4.78, 5) is 7.40. The lowest BCUT2D eigenvalue weighted by Gasteiger charge is -2.37. The Labute approximate surface area is 290 Å². The molecular formula is C38H48F3N3O2SSi. The summed E-state index contributed by atoms with van der Waals surface area (Å²) in [5, 5.41) is 9.31. The van der Waals surface area contributed by atoms with Crippen LogP contribution in [0.25, 0.3) is 23.1 Å². The molecule has 10 heteroatoms. The van der Waals surface area contributed by atoms with E-state index in [1.807, 2.05) is 24.3 Å². The van der Waals surface area contributed by atoms with Crippen LogP contribution in [0.15, 0.2) is 59.0 Å². The fourth-order valence-corrected chi connectivity index (χ4v) is 6.70. The van der Waals surface area contributed by atoms with Crippen molar-refractivity contribution >= 4 is 43.6 Å². The number of thiophene rings is 1. The van der Waals surface area contributed by atoms with Crippen molar-refractivity contribution in [1.82, 2.24) is 0 Å². The summed E-state index contributed by atoms with van der Waals surface area (Å²) in [7, 11) is -2.16. The smallest absolute Gasteiger partial charge is 0.430 e. The van der Waals surface area contributed by atoms with E-state index in [2.05, 4.69) is 75.7 Å². The normalized spacial score (nSPS) is 18.3. The zero-order valence-electron chi connectivity index (χ0n) is 29.6. The van der Waals surface area contributed by atoms with E-state index in [0.29, 0.717) is 4.88 Å². The highest BCUT2D eigenvalue weighted by molar-refractivity contribution is 7.13. The Morgan fingerprint density at radius 1 is 1.04 bits per heavy atom. The summed E-state index contributed by atoms with van der Waals surface area (Å²) >= 11 is 1.41. The molecule has 48 heavy (non-hydrogen) atoms. The predicted molar refractivity (Wildman–Crippen MR) is 196 cm³/mol. The van der Waals surface area contributed by atoms with Gasteiger partial charge in [-0.1, -0.05) is 53.5 Å². The minimum atomic E-state index is -4.80. The van der Waals surface area contributed by atoms with Gasteiger partial charge >= 0.3 is 6.18 Å². The van der Waals surface area contributed by atoms with E-state index in [1.165, 1.54) is 24.3 Å². The molecule has 1 unspecified atom stereocenters. The number of rotatable bonds is 13. The van der Waals surface area contributed by atoms with Crippen molar-refractivity contribution in [1.29, 1.82) is 5.26 Å². The largest absolute Gasteiger partial charge is 0.543 e. The molecule has 0 fully saturated rings. The topological polar surface area (TPSA) is 49.9 Å². The van der Waals surface area contributed by atoms with Crippen molar-refractivity contribution in [2.75, 3.05) is 18.0 Å². The summed E-state index contributed by atoms with van der Waals surface area (Å²) in [5.74, 6) is 0.523. The lowest BCUT2D eigenvalue weighted by molar-refractivity contribution is -0.236. The molecule has 0 bridgehead atoms. The molecule has 1 aliphatic rings. The maximum Gasteiger partial charge on any atom is 0.430 e. The zero-order chi connectivity index (χ0) is 35.9. The Morgan fingerprint density at radius 2 is 1.62 bits per heavy atom. The Bertz CT molecular complexity index is 1660. The minimum absolute atomic E-state index is 0.0159. The van der Waals surface area contributed by atoms with Gasteiger partial charge in [-0.15, -0.1) is 11.3 Å². The predicted octanol–water partition coefficient (Wildman–Crippen LogP) is 12.0. The van der Waals surface area contributed by atoms with E-state index in [1.54, 1.807) is 12.1 Å². The molecule has 0 saturated carbocycles. The van der Waals surface area contributed by atoms with Crippen LogP contribution in [-0.2, 0) is 4.74 Å². The first kappa shape index (κ1) is 38.7. The van der Waals surface area contributed by atoms with Gasteiger partial charge in [-0.2, -0.15) is 18.4 Å². The van der Waals surface area contributed by atoms with Gasteiger partial charge in [0.25, 0.3) is 8.32 Å². The molecule has 0 saturated heterocycles. The van der Waals surface area contributed by atoms with Gasteiger partial charge < -0.3 is 14.1 Å². The van der Waals surface area contributed by atoms with Crippen LogP contribution in [-0.4, -0.2) is 33.2 Å². The highest BCUT2D eigenvalue weighted by atomic mass is 32.1. The fraction of sp³-hybridized carbons (Fsp3) is 0.474. The van der Waals surface area contributed by atoms with Crippen LogP contribution >= 0.6 is 11.3 Å². The van der Waals surface area contributed by atoms with Crippen molar-refractivity contribution in [3.63, 3.8) is 0 Å². The second kappa shape index (κ2) is 15.7. The third kappa shape index (κ3) is 8.83. The number of benzene rings is 1. The third-order valence-corrected chi connectivity index (χ3v) is 14.4. The van der Waals surface area contributed by atoms with Crippen LogP contribution in [0.4, 0.5) is 18.9 Å². The first-order valence-electron chi connectivity index (χ1n) is 16.5. The molecule has 0 spiro atoms. The molecule has 0 amide bonds. The summed E-state index contributed by atoms with van der Waals surface area (Å²) in [6.45, 7) is 27.4. The molecule has 2 aromatic rings. The Kier molecular flexibility index (Phi) is 12.6. The summed E-state index contributed by atoms with van der Waals surface area (Å²) in [5.41, 5.74) is -1.33. The standard InChI is InChI=1S/C38H48F3N3O2SSi/c1-11-13-23-44(24-14-12-2)29-17-15-28(33(25-29)46-48(9,10)36(4,5)6)16-18-30-19-20-31(47-30)21-22-32-34(43-8)35(27(3)26-42)45-37(32,7)38(39,40)41/h15-22,25H,11-14,23-24H2,1-7,9-10H3/b18-16+,22-21+,35-27+. The number of hydrogen-bond donors (Lipinski definition) is 0. The van der Waals surface area contributed by atoms with Gasteiger partial charge in [-0.05, 0) is 87.3 Å². The second-order valence-corrected chi connectivity index (χ2v) is 19.6. The number of halogens is 3. The quantitative estimate of drug-likeness (QED) is 0.119. The SMILES string of the molecule is [C-]#[N+]C1=C(/C=C/c2ccc(/C=C/c3ccc(N(CCCC)CCCC)cc3O[Si](C)(C)C(C)(C)C)s2)C(C)(C(F)(F)F)O/C1=C(\C)C#N. The number of unbranched alkanes of at least 4 members (excludes halogenated alkanes) is 2. The van der Waals surface area contributed by atoms with Gasteiger partial charge in [-0.25, -0.2) is 4.85 Å². The van der Waals surface area contributed by atoms with Crippen molar-refractivity contribution in [2.24, 2.45) is 0 Å². The summed E-state index contributed by atoms with van der Waals surface area (Å²) in [6, 6.07) is 12.0. The van der Waals surface area contributed by atoms with Crippen LogP contribution in [0.5, 0.6) is 5.75 Å². The average Bonchev–Trinajstić information content (AvgIpc) is 3.59. The van der Waals surface area contributed by atoms with Crippen molar-refractivity contribution in [3.05, 3.63) is 85.7 Å². The summed E-state index contributed by atoms with van der Waals surface area (Å²) < 4.78 is 54.7. The molecule has 258 valence electrons. The van der Waals surface area contributed by atoms with E-state index < -0.39 is 20.1 Å². The molecule has 1 atom stereocenters. The van der Waals surface area contributed by atoms with Crippen LogP contribution < -0.4 is 9.33 Å². The lowest BCUT2D eigenvalue weighted by Crippen LogP contribution is -2.44. The molecular weight excluding hydrogens is 648 g/mol. The van der Waals surface area contributed by atoms with Gasteiger partial charge in [0.1, 0.15) is 11.5 Å². The first-order valence-corrected chi connectivity index (χ1v) is 20.2. The number of hydrogen-bond acceptors (Lipinski definition) is 5. The van der Waals surface area contributed by atoms with Crippen LogP contribution in [0.3, 0.4) is 0 Å². The van der Waals surface area contributed by atoms with Crippen LogP contribution in [0.2, 0.25) is 18.1 Å². The van der Waals surface area contributed by atoms with E-state index in [-0.39, 0.29) is 27.6 Å². The van der Waals surface area contributed by atoms with Gasteiger partial charge in [0.05, 0.1) is 18.2 Å². The molecule has 5 nitrogen and oxygen atoms in total. The molecule has 0 N–H and O–H groups in total. The molecule has 2 heterocycles. The average molecular weight is 696 g/mol. The second-order valence-electron chi connectivity index (χ2n) is 13.8. The maximum atomic E-state index is 14.2. The Balaban J connectivity index is 1.99. The highest BCUT2D eigenvalue weighted by Crippen LogP contribution is 2.50. The highest BCUT2D eigenvalue weighted by Gasteiger charge is 2.60. The number of allylic oxidation sites excluding steroid dienone is 1. The van der Waals surface area contributed by atoms with Crippen LogP contribution in [0, 0.1) is 17.9 Å². The number of anilines is 1. The third-order valence-electron chi connectivity index (χ3n) is 9.04. The number of ether oxygens (including phenoxy) is 1. The molecule has 0 radical (unpaired) electrons. The van der Waals surface area contributed by atoms with Gasteiger partial charge in [0, 0.05) is 45.7 Å². The number of alkyl halides is 3. The molecule has 3 rings (SSSR count). The summed E-state index contributed by atoms with van der Waals surface area (Å²) in [6.07, 6.45) is 6.55. The Morgan fingerprint density at radius 3 is 2.12 bits per heavy atom. The van der Waals surface area contributed by atoms with Crippen LogP contribution in [0.1, 0.15) is 89.5 Å². The van der Waals surface area contributed by atoms with E-state index >= 15 is 0 Å². The number of nitriles is 1. The lowest BCUT2D eigenvalue weighted by atomic mass is 9.94. The minimum Gasteiger partial charge on any atom is -0.543 e. The monoisotopic (exact) mass is 695 g/mol. The van der Waals surface area contributed by atoms with Crippen molar-refractivity contribution in [3.8, 4) is 11.8 Å². The van der Waals surface area contributed by atoms with Gasteiger partial charge in [-0.3, -0.25) is 0 Å². The zero-order valence-corrected chi connectivity index (χ0v) is 31.5. The maximum absolute atomic E-state index is 14.2. The van der Waals surface area contributed by atoms with Gasteiger partial charge in [0.15, 0.2) is 0 Å². The molecule has 1 aromatic carbocycles. The molecule has 0 aliphatic carbocycles. The molecule has 1 aromatic heterocycles. The van der Waals surface area contributed by atoms with Crippen molar-refractivity contribution in [2.45, 2.75) is 104 Å². The van der Waals surface area contributed by atoms with E-state index in [4.69, 9.17) is 15.7 Å². The fourth-order valence-electron chi connectivity index (χ4n) is 4.85. The van der Waals surface area contributed by atoms with Crippen molar-refractivity contribution < 1.29 is 22.3 Å². The number of nitrogens with zero attached hydrogens (tertiary/aromatic N) is 3.